The number of carbonyl (C=O) groups is 1. The van der Waals surface area contributed by atoms with E-state index in [9.17, 15) is 4.79 Å². The van der Waals surface area contributed by atoms with Crippen molar-refractivity contribution in [1.82, 2.24) is 20.4 Å². The van der Waals surface area contributed by atoms with Gasteiger partial charge in [0.05, 0.1) is 18.2 Å². The van der Waals surface area contributed by atoms with Crippen LogP contribution in [-0.2, 0) is 11.3 Å². The molecule has 20 heavy (non-hydrogen) atoms. The predicted molar refractivity (Wildman–Crippen MR) is 79.4 cm³/mol. The Morgan fingerprint density at radius 2 is 2.25 bits per heavy atom. The summed E-state index contributed by atoms with van der Waals surface area (Å²) in [6.45, 7) is 7.47. The van der Waals surface area contributed by atoms with Gasteiger partial charge in [-0.2, -0.15) is 5.10 Å². The van der Waals surface area contributed by atoms with Crippen LogP contribution in [-0.4, -0.2) is 35.3 Å². The van der Waals surface area contributed by atoms with E-state index in [1.807, 2.05) is 24.0 Å². The van der Waals surface area contributed by atoms with E-state index in [1.54, 1.807) is 0 Å². The van der Waals surface area contributed by atoms with Crippen molar-refractivity contribution in [1.29, 1.82) is 0 Å². The van der Waals surface area contributed by atoms with Gasteiger partial charge in [0.15, 0.2) is 0 Å². The Bertz CT molecular complexity index is 429. The smallest absolute Gasteiger partial charge is 0.226 e. The largest absolute Gasteiger partial charge is 0.354 e. The van der Waals surface area contributed by atoms with Crippen molar-refractivity contribution in [3.05, 3.63) is 18.0 Å². The number of rotatable bonds is 6. The molecule has 1 amide bonds. The maximum atomic E-state index is 12.5. The predicted octanol–water partition coefficient (Wildman–Crippen LogP) is 1.48. The van der Waals surface area contributed by atoms with Crippen molar-refractivity contribution in [3.63, 3.8) is 0 Å². The first kappa shape index (κ1) is 15.0. The first-order valence-corrected chi connectivity index (χ1v) is 7.64. The van der Waals surface area contributed by atoms with Gasteiger partial charge < -0.3 is 10.6 Å². The molecule has 1 saturated heterocycles. The van der Waals surface area contributed by atoms with Crippen LogP contribution in [0.3, 0.4) is 0 Å². The lowest BCUT2D eigenvalue weighted by Crippen LogP contribution is -2.48. The molecule has 2 rings (SSSR count). The molecule has 0 bridgehead atoms. The molecule has 0 aliphatic carbocycles. The molecule has 1 aromatic rings. The lowest BCUT2D eigenvalue weighted by Gasteiger charge is -2.36. The molecule has 1 aromatic heterocycles. The minimum Gasteiger partial charge on any atom is -0.354 e. The van der Waals surface area contributed by atoms with Crippen LogP contribution in [0.25, 0.3) is 0 Å². The summed E-state index contributed by atoms with van der Waals surface area (Å²) in [4.78, 5) is 12.5. The van der Waals surface area contributed by atoms with Crippen LogP contribution in [0.5, 0.6) is 0 Å². The zero-order chi connectivity index (χ0) is 14.4. The van der Waals surface area contributed by atoms with Crippen LogP contribution < -0.4 is 10.6 Å². The van der Waals surface area contributed by atoms with Crippen molar-refractivity contribution in [3.8, 4) is 0 Å². The quantitative estimate of drug-likeness (QED) is 0.828. The third-order valence-electron chi connectivity index (χ3n) is 4.16. The standard InChI is InChI=1S/C15H26N4O/c1-3-4-15(5-7-16-8-6-15)14(20)17-9-10-19-12-13(2)11-18-19/h11-12,16H,3-10H2,1-2H3,(H,17,20). The van der Waals surface area contributed by atoms with Gasteiger partial charge in [0, 0.05) is 12.7 Å². The topological polar surface area (TPSA) is 59.0 Å². The fourth-order valence-corrected chi connectivity index (χ4v) is 3.04. The number of amides is 1. The number of nitrogens with zero attached hydrogens (tertiary/aromatic N) is 2. The molecule has 112 valence electrons. The highest BCUT2D eigenvalue weighted by atomic mass is 16.2. The van der Waals surface area contributed by atoms with Gasteiger partial charge in [-0.1, -0.05) is 13.3 Å². The Balaban J connectivity index is 1.85. The fraction of sp³-hybridized carbons (Fsp3) is 0.733. The van der Waals surface area contributed by atoms with Gasteiger partial charge >= 0.3 is 0 Å². The Kier molecular flexibility index (Phi) is 5.17. The van der Waals surface area contributed by atoms with Crippen molar-refractivity contribution >= 4 is 5.91 Å². The molecule has 1 fully saturated rings. The van der Waals surface area contributed by atoms with Crippen LogP contribution in [0.15, 0.2) is 12.4 Å². The second kappa shape index (κ2) is 6.88. The second-order valence-corrected chi connectivity index (χ2v) is 5.82. The zero-order valence-corrected chi connectivity index (χ0v) is 12.6. The van der Waals surface area contributed by atoms with Crippen LogP contribution in [0.4, 0.5) is 0 Å². The van der Waals surface area contributed by atoms with E-state index in [2.05, 4.69) is 22.7 Å². The summed E-state index contributed by atoms with van der Waals surface area (Å²) in [5.74, 6) is 0.227. The van der Waals surface area contributed by atoms with Gasteiger partial charge in [-0.15, -0.1) is 0 Å². The normalized spacial score (nSPS) is 17.9. The average Bonchev–Trinajstić information content (AvgIpc) is 2.86. The molecule has 1 aliphatic heterocycles. The molecule has 0 spiro atoms. The molecule has 0 aromatic carbocycles. The molecule has 0 atom stereocenters. The molecule has 2 heterocycles. The van der Waals surface area contributed by atoms with Gasteiger partial charge in [0.1, 0.15) is 0 Å². The van der Waals surface area contributed by atoms with E-state index < -0.39 is 0 Å². The number of aryl methyl sites for hydroxylation is 1. The van der Waals surface area contributed by atoms with Crippen molar-refractivity contribution in [2.45, 2.75) is 46.1 Å². The molecular formula is C15H26N4O. The highest BCUT2D eigenvalue weighted by Gasteiger charge is 2.38. The Hall–Kier alpha value is -1.36. The lowest BCUT2D eigenvalue weighted by atomic mass is 9.74. The SMILES string of the molecule is CCCC1(C(=O)NCCn2cc(C)cn2)CCNCC1. The number of piperidine rings is 1. The number of hydrogen-bond donors (Lipinski definition) is 2. The van der Waals surface area contributed by atoms with Gasteiger partial charge in [-0.3, -0.25) is 9.48 Å². The minimum absolute atomic E-state index is 0.153. The second-order valence-electron chi connectivity index (χ2n) is 5.82. The molecule has 1 aliphatic rings. The Morgan fingerprint density at radius 3 is 2.85 bits per heavy atom. The number of nitrogens with one attached hydrogen (secondary N) is 2. The van der Waals surface area contributed by atoms with Crippen molar-refractivity contribution < 1.29 is 4.79 Å². The van der Waals surface area contributed by atoms with Crippen molar-refractivity contribution in [2.75, 3.05) is 19.6 Å². The molecule has 0 saturated carbocycles. The molecule has 5 heteroatoms. The van der Waals surface area contributed by atoms with E-state index in [0.29, 0.717) is 6.54 Å². The maximum absolute atomic E-state index is 12.5. The minimum atomic E-state index is -0.153. The highest BCUT2D eigenvalue weighted by molar-refractivity contribution is 5.82. The Labute approximate surface area is 121 Å². The molecule has 5 nitrogen and oxygen atoms in total. The van der Waals surface area contributed by atoms with Crippen LogP contribution in [0.1, 0.15) is 38.2 Å². The van der Waals surface area contributed by atoms with Crippen LogP contribution in [0, 0.1) is 12.3 Å². The van der Waals surface area contributed by atoms with E-state index >= 15 is 0 Å². The van der Waals surface area contributed by atoms with E-state index in [1.165, 1.54) is 0 Å². The summed E-state index contributed by atoms with van der Waals surface area (Å²) in [5.41, 5.74) is 0.997. The molecular weight excluding hydrogens is 252 g/mol. The Morgan fingerprint density at radius 1 is 1.50 bits per heavy atom. The molecule has 0 unspecified atom stereocenters. The summed E-state index contributed by atoms with van der Waals surface area (Å²) in [6, 6.07) is 0. The third kappa shape index (κ3) is 3.60. The summed E-state index contributed by atoms with van der Waals surface area (Å²) >= 11 is 0. The average molecular weight is 278 g/mol. The number of carbonyl (C=O) groups excluding carboxylic acids is 1. The summed E-state index contributed by atoms with van der Waals surface area (Å²) in [6.07, 6.45) is 7.79. The summed E-state index contributed by atoms with van der Waals surface area (Å²) in [7, 11) is 0. The third-order valence-corrected chi connectivity index (χ3v) is 4.16. The van der Waals surface area contributed by atoms with Crippen molar-refractivity contribution in [2.24, 2.45) is 5.41 Å². The van der Waals surface area contributed by atoms with E-state index in [0.717, 1.165) is 50.9 Å². The van der Waals surface area contributed by atoms with Gasteiger partial charge in [0.2, 0.25) is 5.91 Å². The first-order valence-electron chi connectivity index (χ1n) is 7.64. The van der Waals surface area contributed by atoms with Crippen LogP contribution in [0.2, 0.25) is 0 Å². The van der Waals surface area contributed by atoms with Gasteiger partial charge in [-0.25, -0.2) is 0 Å². The first-order chi connectivity index (χ1) is 9.66. The maximum Gasteiger partial charge on any atom is 0.226 e. The summed E-state index contributed by atoms with van der Waals surface area (Å²) in [5, 5.41) is 10.7. The van der Waals surface area contributed by atoms with Gasteiger partial charge in [0.25, 0.3) is 0 Å². The molecule has 2 N–H and O–H groups in total. The zero-order valence-electron chi connectivity index (χ0n) is 12.6. The summed E-state index contributed by atoms with van der Waals surface area (Å²) < 4.78 is 1.88. The van der Waals surface area contributed by atoms with Crippen LogP contribution >= 0.6 is 0 Å². The van der Waals surface area contributed by atoms with E-state index in [4.69, 9.17) is 0 Å². The van der Waals surface area contributed by atoms with Gasteiger partial charge in [-0.05, 0) is 44.8 Å². The number of hydrogen-bond acceptors (Lipinski definition) is 3. The lowest BCUT2D eigenvalue weighted by molar-refractivity contribution is -0.133. The monoisotopic (exact) mass is 278 g/mol. The number of aromatic nitrogens is 2. The molecule has 0 radical (unpaired) electrons. The fourth-order valence-electron chi connectivity index (χ4n) is 3.04. The highest BCUT2D eigenvalue weighted by Crippen LogP contribution is 2.34. The van der Waals surface area contributed by atoms with E-state index in [-0.39, 0.29) is 11.3 Å².